The predicted octanol–water partition coefficient (Wildman–Crippen LogP) is 1.41. The minimum Gasteiger partial charge on any atom is -0.378 e. The zero-order valence-electron chi connectivity index (χ0n) is 7.48. The topological polar surface area (TPSA) is 21.3 Å². The smallest absolute Gasteiger partial charge is 0.0643 e. The first-order valence-electron chi connectivity index (χ1n) is 4.13. The van der Waals surface area contributed by atoms with Gasteiger partial charge in [0.15, 0.2) is 0 Å². The molecule has 1 heterocycles. The van der Waals surface area contributed by atoms with Crippen molar-refractivity contribution in [2.75, 3.05) is 13.2 Å². The number of nitrogens with one attached hydrogen (secondary N) is 1. The first kappa shape index (κ1) is 9.92. The van der Waals surface area contributed by atoms with E-state index in [0.717, 1.165) is 13.2 Å². The molecule has 1 N–H and O–H groups in total. The van der Waals surface area contributed by atoms with Gasteiger partial charge in [0.2, 0.25) is 0 Å². The summed E-state index contributed by atoms with van der Waals surface area (Å²) in [5, 5.41) is 3.35. The van der Waals surface area contributed by atoms with Crippen LogP contribution in [0.3, 0.4) is 0 Å². The van der Waals surface area contributed by atoms with Gasteiger partial charge in [-0.25, -0.2) is 0 Å². The van der Waals surface area contributed by atoms with Gasteiger partial charge in [-0.05, 0) is 0 Å². The Morgan fingerprint density at radius 2 is 1.80 bits per heavy atom. The lowest BCUT2D eigenvalue weighted by Crippen LogP contribution is -2.48. The van der Waals surface area contributed by atoms with Crippen LogP contribution in [0.4, 0.5) is 0 Å². The second-order valence-corrected chi connectivity index (χ2v) is 2.56. The van der Waals surface area contributed by atoms with Crippen LogP contribution < -0.4 is 5.32 Å². The number of ether oxygens (including phenoxy) is 1. The molecule has 0 aromatic heterocycles. The summed E-state index contributed by atoms with van der Waals surface area (Å²) in [6.45, 7) is 10.1. The molecule has 0 unspecified atom stereocenters. The molecule has 0 atom stereocenters. The third kappa shape index (κ3) is 3.85. The highest BCUT2D eigenvalue weighted by Crippen LogP contribution is 1.99. The van der Waals surface area contributed by atoms with Crippen molar-refractivity contribution in [3.05, 3.63) is 0 Å². The van der Waals surface area contributed by atoms with Crippen LogP contribution in [0.5, 0.6) is 0 Å². The molecule has 0 spiro atoms. The average molecular weight is 145 g/mol. The Balaban J connectivity index is 0.000000371. The van der Waals surface area contributed by atoms with E-state index in [9.17, 15) is 0 Å². The van der Waals surface area contributed by atoms with Gasteiger partial charge in [-0.3, -0.25) is 0 Å². The summed E-state index contributed by atoms with van der Waals surface area (Å²) in [4.78, 5) is 0. The highest BCUT2D eigenvalue weighted by Gasteiger charge is 2.17. The largest absolute Gasteiger partial charge is 0.378 e. The number of hydrogen-bond acceptors (Lipinski definition) is 2. The van der Waals surface area contributed by atoms with E-state index < -0.39 is 0 Å². The summed E-state index contributed by atoms with van der Waals surface area (Å²) >= 11 is 0. The molecule has 0 saturated carbocycles. The fourth-order valence-corrected chi connectivity index (χ4v) is 0.803. The maximum Gasteiger partial charge on any atom is 0.0643 e. The lowest BCUT2D eigenvalue weighted by atomic mass is 10.2. The molecule has 2 heteroatoms. The minimum atomic E-state index is 0.601. The van der Waals surface area contributed by atoms with Crippen molar-refractivity contribution in [3.8, 4) is 0 Å². The van der Waals surface area contributed by atoms with Gasteiger partial charge in [0.1, 0.15) is 0 Å². The van der Waals surface area contributed by atoms with E-state index in [2.05, 4.69) is 19.2 Å². The average Bonchev–Trinajstić information content (AvgIpc) is 1.84. The second kappa shape index (κ2) is 5.69. The minimum absolute atomic E-state index is 0.601. The third-order valence-electron chi connectivity index (χ3n) is 1.21. The molecule has 62 valence electrons. The Labute approximate surface area is 64.0 Å². The van der Waals surface area contributed by atoms with Crippen LogP contribution in [-0.2, 0) is 4.74 Å². The van der Waals surface area contributed by atoms with E-state index in [-0.39, 0.29) is 0 Å². The predicted molar refractivity (Wildman–Crippen MR) is 44.2 cm³/mol. The van der Waals surface area contributed by atoms with Gasteiger partial charge in [-0.1, -0.05) is 27.7 Å². The summed E-state index contributed by atoms with van der Waals surface area (Å²) in [6.07, 6.45) is 0. The lowest BCUT2D eigenvalue weighted by Gasteiger charge is -2.28. The molecule has 0 aliphatic carbocycles. The van der Waals surface area contributed by atoms with Crippen molar-refractivity contribution < 1.29 is 4.74 Å². The molecule has 0 aromatic rings. The molecule has 0 amide bonds. The molecule has 1 aliphatic rings. The Hall–Kier alpha value is -0.0800. The number of rotatable bonds is 2. The molecule has 1 fully saturated rings. The van der Waals surface area contributed by atoms with E-state index in [4.69, 9.17) is 4.74 Å². The lowest BCUT2D eigenvalue weighted by molar-refractivity contribution is -0.00828. The molecule has 0 aromatic carbocycles. The van der Waals surface area contributed by atoms with E-state index in [1.165, 1.54) is 0 Å². The molecule has 1 rings (SSSR count). The van der Waals surface area contributed by atoms with Gasteiger partial charge in [0, 0.05) is 6.04 Å². The van der Waals surface area contributed by atoms with Crippen molar-refractivity contribution in [1.82, 2.24) is 5.32 Å². The highest BCUT2D eigenvalue weighted by molar-refractivity contribution is 4.74. The van der Waals surface area contributed by atoms with Crippen molar-refractivity contribution in [3.63, 3.8) is 0 Å². The number of hydrogen-bond donors (Lipinski definition) is 1. The van der Waals surface area contributed by atoms with Crippen LogP contribution in [-0.4, -0.2) is 25.3 Å². The first-order chi connectivity index (χ1) is 4.79. The van der Waals surface area contributed by atoms with Crippen LogP contribution >= 0.6 is 0 Å². The highest BCUT2D eigenvalue weighted by atomic mass is 16.5. The van der Waals surface area contributed by atoms with E-state index in [0.29, 0.717) is 12.1 Å². The van der Waals surface area contributed by atoms with Crippen LogP contribution in [0.2, 0.25) is 0 Å². The fourth-order valence-electron chi connectivity index (χ4n) is 0.803. The Morgan fingerprint density at radius 3 is 1.90 bits per heavy atom. The van der Waals surface area contributed by atoms with Crippen molar-refractivity contribution in [1.29, 1.82) is 0 Å². The van der Waals surface area contributed by atoms with Gasteiger partial charge in [-0.2, -0.15) is 0 Å². The summed E-state index contributed by atoms with van der Waals surface area (Å²) in [7, 11) is 0. The van der Waals surface area contributed by atoms with Gasteiger partial charge in [0.05, 0.1) is 19.3 Å². The molecule has 0 radical (unpaired) electrons. The molecule has 1 aliphatic heterocycles. The molecule has 10 heavy (non-hydrogen) atoms. The molecule has 1 saturated heterocycles. The molecule has 0 bridgehead atoms. The van der Waals surface area contributed by atoms with Crippen molar-refractivity contribution >= 4 is 0 Å². The summed E-state index contributed by atoms with van der Waals surface area (Å²) in [6, 6.07) is 1.24. The fraction of sp³-hybridized carbons (Fsp3) is 1.00. The normalized spacial score (nSPS) is 17.7. The summed E-state index contributed by atoms with van der Waals surface area (Å²) in [5.74, 6) is 0. The molecular formula is C8H19NO. The Bertz CT molecular complexity index is 69.7. The quantitative estimate of drug-likeness (QED) is 0.634. The molecule has 2 nitrogen and oxygen atoms in total. The van der Waals surface area contributed by atoms with Crippen molar-refractivity contribution in [2.45, 2.75) is 39.8 Å². The first-order valence-corrected chi connectivity index (χ1v) is 4.13. The van der Waals surface area contributed by atoms with Crippen LogP contribution in [0, 0.1) is 0 Å². The van der Waals surface area contributed by atoms with Gasteiger partial charge >= 0.3 is 0 Å². The molecular weight excluding hydrogens is 126 g/mol. The van der Waals surface area contributed by atoms with Crippen LogP contribution in [0.1, 0.15) is 27.7 Å². The maximum atomic E-state index is 4.97. The zero-order chi connectivity index (χ0) is 7.98. The van der Waals surface area contributed by atoms with Crippen molar-refractivity contribution in [2.24, 2.45) is 0 Å². The Morgan fingerprint density at radius 1 is 1.30 bits per heavy atom. The monoisotopic (exact) mass is 145 g/mol. The van der Waals surface area contributed by atoms with Gasteiger partial charge in [0.25, 0.3) is 0 Å². The van der Waals surface area contributed by atoms with Gasteiger partial charge in [-0.15, -0.1) is 0 Å². The van der Waals surface area contributed by atoms with Crippen LogP contribution in [0.15, 0.2) is 0 Å². The summed E-state index contributed by atoms with van der Waals surface area (Å²) < 4.78 is 4.97. The van der Waals surface area contributed by atoms with E-state index >= 15 is 0 Å². The van der Waals surface area contributed by atoms with Gasteiger partial charge < -0.3 is 10.1 Å². The van der Waals surface area contributed by atoms with E-state index in [1.54, 1.807) is 0 Å². The maximum absolute atomic E-state index is 4.97. The standard InChI is InChI=1S/C6H13NO.C2H6/c1-5(2)7-6-3-8-4-6;1-2/h5-7H,3-4H2,1-2H3;1-2H3. The zero-order valence-corrected chi connectivity index (χ0v) is 7.48. The third-order valence-corrected chi connectivity index (χ3v) is 1.21. The SMILES string of the molecule is CC.CC(C)NC1COC1. The van der Waals surface area contributed by atoms with Crippen LogP contribution in [0.25, 0.3) is 0 Å². The summed E-state index contributed by atoms with van der Waals surface area (Å²) in [5.41, 5.74) is 0. The van der Waals surface area contributed by atoms with E-state index in [1.807, 2.05) is 13.8 Å². The Kier molecular flexibility index (Phi) is 5.64. The second-order valence-electron chi connectivity index (χ2n) is 2.56.